The van der Waals surface area contributed by atoms with E-state index >= 15 is 0 Å². The summed E-state index contributed by atoms with van der Waals surface area (Å²) >= 11 is 6.09. The van der Waals surface area contributed by atoms with Crippen molar-refractivity contribution in [1.29, 1.82) is 0 Å². The molecule has 3 N–H and O–H groups in total. The van der Waals surface area contributed by atoms with Crippen LogP contribution < -0.4 is 15.8 Å². The van der Waals surface area contributed by atoms with Gasteiger partial charge in [-0.2, -0.15) is 0 Å². The van der Waals surface area contributed by atoms with Gasteiger partial charge in [0.25, 0.3) is 0 Å². The van der Waals surface area contributed by atoms with Gasteiger partial charge in [-0.15, -0.1) is 0 Å². The first-order chi connectivity index (χ1) is 10.6. The van der Waals surface area contributed by atoms with Crippen LogP contribution in [0.25, 0.3) is 0 Å². The molecule has 1 saturated carbocycles. The maximum absolute atomic E-state index is 12.2. The highest BCUT2D eigenvalue weighted by Gasteiger charge is 2.32. The number of methoxy groups -OCH3 is 1. The molecule has 1 aromatic rings. The zero-order valence-electron chi connectivity index (χ0n) is 13.2. The van der Waals surface area contributed by atoms with E-state index in [1.54, 1.807) is 7.11 Å². The molecule has 0 spiro atoms. The minimum atomic E-state index is -0.000113. The van der Waals surface area contributed by atoms with Gasteiger partial charge in [-0.1, -0.05) is 36.9 Å². The molecule has 0 radical (unpaired) electrons. The highest BCUT2D eigenvalue weighted by Crippen LogP contribution is 2.38. The first-order valence-electron chi connectivity index (χ1n) is 7.88. The van der Waals surface area contributed by atoms with E-state index < -0.39 is 0 Å². The van der Waals surface area contributed by atoms with E-state index in [1.807, 2.05) is 18.2 Å². The average molecular weight is 325 g/mol. The van der Waals surface area contributed by atoms with Crippen molar-refractivity contribution in [3.05, 3.63) is 28.8 Å². The number of ether oxygens (including phenoxy) is 1. The van der Waals surface area contributed by atoms with Crippen LogP contribution >= 0.6 is 11.6 Å². The maximum Gasteiger partial charge on any atom is 0.220 e. The second kappa shape index (κ2) is 7.84. The summed E-state index contributed by atoms with van der Waals surface area (Å²) < 4.78 is 5.12. The van der Waals surface area contributed by atoms with E-state index in [1.165, 1.54) is 19.3 Å². The minimum Gasteiger partial charge on any atom is -0.495 e. The van der Waals surface area contributed by atoms with E-state index in [0.29, 0.717) is 30.3 Å². The summed E-state index contributed by atoms with van der Waals surface area (Å²) in [5, 5.41) is 3.53. The van der Waals surface area contributed by atoms with Gasteiger partial charge in [-0.3, -0.25) is 4.79 Å². The number of benzene rings is 1. The van der Waals surface area contributed by atoms with Gasteiger partial charge in [-0.05, 0) is 42.5 Å². The van der Waals surface area contributed by atoms with Crippen molar-refractivity contribution in [2.75, 3.05) is 13.7 Å². The zero-order valence-corrected chi connectivity index (χ0v) is 13.9. The van der Waals surface area contributed by atoms with Gasteiger partial charge in [0.2, 0.25) is 5.91 Å². The van der Waals surface area contributed by atoms with Crippen LogP contribution in [0, 0.1) is 5.41 Å². The molecule has 4 nitrogen and oxygen atoms in total. The fraction of sp³-hybridized carbons (Fsp3) is 0.588. The summed E-state index contributed by atoms with van der Waals surface area (Å²) in [4.78, 5) is 12.2. The third-order valence-electron chi connectivity index (χ3n) is 4.59. The second-order valence-electron chi connectivity index (χ2n) is 6.19. The quantitative estimate of drug-likeness (QED) is 0.844. The van der Waals surface area contributed by atoms with Crippen molar-refractivity contribution in [2.45, 2.75) is 45.1 Å². The van der Waals surface area contributed by atoms with Gasteiger partial charge in [0.05, 0.1) is 12.1 Å². The number of carbonyl (C=O) groups excluding carboxylic acids is 1. The van der Waals surface area contributed by atoms with Gasteiger partial charge in [0.15, 0.2) is 0 Å². The number of nitrogens with one attached hydrogen (secondary N) is 1. The predicted octanol–water partition coefficient (Wildman–Crippen LogP) is 3.26. The van der Waals surface area contributed by atoms with Crippen LogP contribution in [0.1, 0.15) is 44.1 Å². The third-order valence-corrected chi connectivity index (χ3v) is 4.88. The molecule has 122 valence electrons. The molecule has 0 bridgehead atoms. The van der Waals surface area contributed by atoms with Crippen LogP contribution in [-0.4, -0.2) is 19.6 Å². The molecule has 1 amide bonds. The van der Waals surface area contributed by atoms with Crippen LogP contribution in [0.15, 0.2) is 18.2 Å². The van der Waals surface area contributed by atoms with Gasteiger partial charge < -0.3 is 15.8 Å². The largest absolute Gasteiger partial charge is 0.495 e. The van der Waals surface area contributed by atoms with Gasteiger partial charge in [0.1, 0.15) is 5.75 Å². The molecule has 1 aliphatic carbocycles. The van der Waals surface area contributed by atoms with Crippen LogP contribution in [0.5, 0.6) is 5.75 Å². The standard InChI is InChI=1S/C17H25ClN2O2/c1-22-15-6-5-13(9-14(15)18)11-20-16(21)10-17(12-19)7-3-2-4-8-17/h5-6,9H,2-4,7-8,10-12,19H2,1H3,(H,20,21). The monoisotopic (exact) mass is 324 g/mol. The Labute approximate surface area is 137 Å². The first kappa shape index (κ1) is 17.1. The molecule has 1 aliphatic rings. The highest BCUT2D eigenvalue weighted by molar-refractivity contribution is 6.32. The summed E-state index contributed by atoms with van der Waals surface area (Å²) in [6.07, 6.45) is 6.26. The normalized spacial score (nSPS) is 17.0. The summed E-state index contributed by atoms with van der Waals surface area (Å²) in [7, 11) is 1.58. The summed E-state index contributed by atoms with van der Waals surface area (Å²) in [6.45, 7) is 1.07. The van der Waals surface area contributed by atoms with E-state index in [9.17, 15) is 4.79 Å². The maximum atomic E-state index is 12.2. The van der Waals surface area contributed by atoms with Crippen LogP contribution in [0.4, 0.5) is 0 Å². The zero-order chi connectivity index (χ0) is 16.0. The topological polar surface area (TPSA) is 64.3 Å². The van der Waals surface area contributed by atoms with Crippen molar-refractivity contribution in [3.8, 4) is 5.75 Å². The Hall–Kier alpha value is -1.26. The molecule has 22 heavy (non-hydrogen) atoms. The number of hydrogen-bond acceptors (Lipinski definition) is 3. The number of halogens is 1. The third kappa shape index (κ3) is 4.37. The lowest BCUT2D eigenvalue weighted by Crippen LogP contribution is -2.38. The number of nitrogens with two attached hydrogens (primary N) is 1. The smallest absolute Gasteiger partial charge is 0.220 e. The average Bonchev–Trinajstić information content (AvgIpc) is 2.54. The molecule has 0 heterocycles. The van der Waals surface area contributed by atoms with Crippen LogP contribution in [0.3, 0.4) is 0 Å². The number of hydrogen-bond donors (Lipinski definition) is 2. The lowest BCUT2D eigenvalue weighted by molar-refractivity contribution is -0.124. The fourth-order valence-electron chi connectivity index (χ4n) is 3.18. The summed E-state index contributed by atoms with van der Waals surface area (Å²) in [5.41, 5.74) is 6.90. The van der Waals surface area contributed by atoms with Crippen molar-refractivity contribution in [2.24, 2.45) is 11.1 Å². The van der Waals surface area contributed by atoms with Crippen molar-refractivity contribution < 1.29 is 9.53 Å². The Balaban J connectivity index is 1.88. The van der Waals surface area contributed by atoms with Gasteiger partial charge in [-0.25, -0.2) is 0 Å². The Morgan fingerprint density at radius 3 is 2.68 bits per heavy atom. The lowest BCUT2D eigenvalue weighted by Gasteiger charge is -2.35. The van der Waals surface area contributed by atoms with Gasteiger partial charge in [0, 0.05) is 13.0 Å². The Kier molecular flexibility index (Phi) is 6.09. The molecular weight excluding hydrogens is 300 g/mol. The predicted molar refractivity (Wildman–Crippen MR) is 89.0 cm³/mol. The molecular formula is C17H25ClN2O2. The highest BCUT2D eigenvalue weighted by atomic mass is 35.5. The van der Waals surface area contributed by atoms with Crippen LogP contribution in [-0.2, 0) is 11.3 Å². The first-order valence-corrected chi connectivity index (χ1v) is 8.25. The Bertz CT molecular complexity index is 513. The number of amides is 1. The van der Waals surface area contributed by atoms with E-state index in [0.717, 1.165) is 18.4 Å². The molecule has 0 saturated heterocycles. The second-order valence-corrected chi connectivity index (χ2v) is 6.59. The van der Waals surface area contributed by atoms with Gasteiger partial charge >= 0.3 is 0 Å². The number of carbonyl (C=O) groups is 1. The SMILES string of the molecule is COc1ccc(CNC(=O)CC2(CN)CCCCC2)cc1Cl. The number of rotatable bonds is 6. The fourth-order valence-corrected chi connectivity index (χ4v) is 3.46. The van der Waals surface area contributed by atoms with Crippen molar-refractivity contribution in [1.82, 2.24) is 5.32 Å². The molecule has 5 heteroatoms. The molecule has 1 aromatic carbocycles. The lowest BCUT2D eigenvalue weighted by atomic mass is 9.71. The molecule has 2 rings (SSSR count). The molecule has 1 fully saturated rings. The molecule has 0 atom stereocenters. The minimum absolute atomic E-state index is 0.000113. The molecule has 0 aliphatic heterocycles. The van der Waals surface area contributed by atoms with E-state index in [2.05, 4.69) is 5.32 Å². The summed E-state index contributed by atoms with van der Waals surface area (Å²) in [6, 6.07) is 5.54. The van der Waals surface area contributed by atoms with Crippen molar-refractivity contribution >= 4 is 17.5 Å². The van der Waals surface area contributed by atoms with E-state index in [-0.39, 0.29) is 11.3 Å². The van der Waals surface area contributed by atoms with E-state index in [4.69, 9.17) is 22.1 Å². The molecule has 0 unspecified atom stereocenters. The Morgan fingerprint density at radius 1 is 1.36 bits per heavy atom. The Morgan fingerprint density at radius 2 is 2.09 bits per heavy atom. The summed E-state index contributed by atoms with van der Waals surface area (Å²) in [5.74, 6) is 0.709. The van der Waals surface area contributed by atoms with Crippen LogP contribution in [0.2, 0.25) is 5.02 Å². The molecule has 0 aromatic heterocycles. The van der Waals surface area contributed by atoms with Crippen molar-refractivity contribution in [3.63, 3.8) is 0 Å².